The number of benzene rings is 2. The van der Waals surface area contributed by atoms with Crippen LogP contribution >= 0.6 is 11.3 Å². The largest absolute Gasteiger partial charge is 0.507 e. The number of phenols is 2. The van der Waals surface area contributed by atoms with Gasteiger partial charge in [-0.2, -0.15) is 0 Å². The molecule has 2 saturated carbocycles. The molecule has 2 aromatic carbocycles. The van der Waals surface area contributed by atoms with Crippen molar-refractivity contribution in [3.05, 3.63) is 80.0 Å². The van der Waals surface area contributed by atoms with Crippen LogP contribution in [-0.4, -0.2) is 10.2 Å². The smallest absolute Gasteiger partial charge is 0.123 e. The van der Waals surface area contributed by atoms with E-state index in [2.05, 4.69) is 69.5 Å². The molecule has 1 aromatic heterocycles. The van der Waals surface area contributed by atoms with Crippen LogP contribution in [0.2, 0.25) is 0 Å². The number of hydrogen-bond donors (Lipinski definition) is 2. The summed E-state index contributed by atoms with van der Waals surface area (Å²) in [4.78, 5) is 1.16. The van der Waals surface area contributed by atoms with Crippen LogP contribution in [0.1, 0.15) is 122 Å². The molecular formula is C33H42O2S. The topological polar surface area (TPSA) is 40.5 Å². The van der Waals surface area contributed by atoms with Crippen molar-refractivity contribution in [1.29, 1.82) is 0 Å². The molecule has 0 bridgehead atoms. The van der Waals surface area contributed by atoms with Crippen LogP contribution in [0.5, 0.6) is 11.5 Å². The van der Waals surface area contributed by atoms with Crippen LogP contribution in [0.25, 0.3) is 0 Å². The number of rotatable bonds is 5. The third kappa shape index (κ3) is 4.60. The van der Waals surface area contributed by atoms with Gasteiger partial charge in [0, 0.05) is 27.1 Å². The summed E-state index contributed by atoms with van der Waals surface area (Å²) >= 11 is 1.71. The Morgan fingerprint density at radius 3 is 1.53 bits per heavy atom. The highest BCUT2D eigenvalue weighted by Gasteiger charge is 2.37. The standard InChI is InChI=1S/C33H42O2S/c1-22-18-24(30(34)26(20-22)32(3)13-7-5-8-14-32)29(28-12-11-17-36-28)25-19-23(2)21-27(31(25)35)33(4)15-9-6-10-16-33/h11-12,17-21,29,34-35H,5-10,13-16H2,1-4H3. The van der Waals surface area contributed by atoms with E-state index in [1.54, 1.807) is 11.3 Å². The van der Waals surface area contributed by atoms with Gasteiger partial charge >= 0.3 is 0 Å². The second kappa shape index (κ2) is 9.89. The van der Waals surface area contributed by atoms with E-state index in [9.17, 15) is 10.2 Å². The van der Waals surface area contributed by atoms with Gasteiger partial charge in [0.25, 0.3) is 0 Å². The molecule has 192 valence electrons. The van der Waals surface area contributed by atoms with E-state index in [0.717, 1.165) is 52.8 Å². The number of hydrogen-bond acceptors (Lipinski definition) is 3. The van der Waals surface area contributed by atoms with Crippen molar-refractivity contribution >= 4 is 11.3 Å². The third-order valence-electron chi connectivity index (χ3n) is 9.23. The van der Waals surface area contributed by atoms with Gasteiger partial charge in [0.1, 0.15) is 11.5 Å². The Morgan fingerprint density at radius 1 is 0.694 bits per heavy atom. The molecule has 2 N–H and O–H groups in total. The molecule has 3 heteroatoms. The normalized spacial score (nSPS) is 19.5. The molecule has 1 heterocycles. The van der Waals surface area contributed by atoms with E-state index >= 15 is 0 Å². The minimum Gasteiger partial charge on any atom is -0.507 e. The van der Waals surface area contributed by atoms with E-state index in [4.69, 9.17) is 0 Å². The lowest BCUT2D eigenvalue weighted by molar-refractivity contribution is 0.306. The Labute approximate surface area is 221 Å². The maximum atomic E-state index is 11.9. The van der Waals surface area contributed by atoms with Crippen molar-refractivity contribution in [1.82, 2.24) is 0 Å². The van der Waals surface area contributed by atoms with Crippen LogP contribution in [0.15, 0.2) is 41.8 Å². The summed E-state index contributed by atoms with van der Waals surface area (Å²) in [5, 5.41) is 25.9. The van der Waals surface area contributed by atoms with E-state index in [1.807, 2.05) is 0 Å². The molecule has 0 atom stereocenters. The molecule has 0 unspecified atom stereocenters. The van der Waals surface area contributed by atoms with Gasteiger partial charge in [-0.1, -0.05) is 93.8 Å². The lowest BCUT2D eigenvalue weighted by Gasteiger charge is -2.37. The monoisotopic (exact) mass is 502 g/mol. The first kappa shape index (κ1) is 25.4. The van der Waals surface area contributed by atoms with Gasteiger partial charge in [0.05, 0.1) is 5.92 Å². The Bertz CT molecular complexity index is 1130. The van der Waals surface area contributed by atoms with Crippen molar-refractivity contribution in [2.24, 2.45) is 0 Å². The minimum atomic E-state index is -0.193. The van der Waals surface area contributed by atoms with Crippen molar-refractivity contribution in [2.75, 3.05) is 0 Å². The average Bonchev–Trinajstić information content (AvgIpc) is 3.38. The lowest BCUT2D eigenvalue weighted by Crippen LogP contribution is -2.26. The van der Waals surface area contributed by atoms with Gasteiger partial charge < -0.3 is 10.2 Å². The molecule has 2 aliphatic carbocycles. The molecular weight excluding hydrogens is 460 g/mol. The molecule has 5 rings (SSSR count). The summed E-state index contributed by atoms with van der Waals surface area (Å²) in [6.45, 7) is 8.96. The van der Waals surface area contributed by atoms with E-state index < -0.39 is 0 Å². The molecule has 0 amide bonds. The van der Waals surface area contributed by atoms with Crippen LogP contribution in [0.4, 0.5) is 0 Å². The van der Waals surface area contributed by atoms with Crippen molar-refractivity contribution in [3.63, 3.8) is 0 Å². The fourth-order valence-electron chi connectivity index (χ4n) is 7.11. The maximum Gasteiger partial charge on any atom is 0.123 e. The number of phenolic OH excluding ortho intramolecular Hbond substituents is 2. The number of aromatic hydroxyl groups is 2. The molecule has 0 saturated heterocycles. The SMILES string of the molecule is Cc1cc(C(c2cccs2)c2cc(C)cc(C3(C)CCCCC3)c2O)c(O)c(C2(C)CCCCC2)c1. The maximum absolute atomic E-state index is 11.9. The summed E-state index contributed by atoms with van der Waals surface area (Å²) < 4.78 is 0. The summed E-state index contributed by atoms with van der Waals surface area (Å²) in [5.41, 5.74) is 6.39. The fraction of sp³-hybridized carbons (Fsp3) is 0.515. The van der Waals surface area contributed by atoms with Crippen molar-refractivity contribution in [3.8, 4) is 11.5 Å². The Kier molecular flexibility index (Phi) is 6.98. The van der Waals surface area contributed by atoms with E-state index in [0.29, 0.717) is 11.5 Å². The van der Waals surface area contributed by atoms with Crippen molar-refractivity contribution < 1.29 is 10.2 Å². The molecule has 0 spiro atoms. The quantitative estimate of drug-likeness (QED) is 0.365. The highest BCUT2D eigenvalue weighted by molar-refractivity contribution is 7.10. The van der Waals surface area contributed by atoms with Crippen LogP contribution < -0.4 is 0 Å². The predicted octanol–water partition coefficient (Wildman–Crippen LogP) is 9.40. The zero-order valence-corrected chi connectivity index (χ0v) is 23.3. The zero-order chi connectivity index (χ0) is 25.5. The number of aryl methyl sites for hydroxylation is 2. The zero-order valence-electron chi connectivity index (χ0n) is 22.5. The van der Waals surface area contributed by atoms with Gasteiger partial charge in [-0.05, 0) is 61.8 Å². The Morgan fingerprint density at radius 2 is 1.14 bits per heavy atom. The molecule has 3 aromatic rings. The van der Waals surface area contributed by atoms with Crippen LogP contribution in [-0.2, 0) is 10.8 Å². The molecule has 2 nitrogen and oxygen atoms in total. The Hall–Kier alpha value is -2.26. The summed E-state index contributed by atoms with van der Waals surface area (Å²) in [6, 6.07) is 13.0. The summed E-state index contributed by atoms with van der Waals surface area (Å²) in [7, 11) is 0. The first-order valence-electron chi connectivity index (χ1n) is 13.9. The summed E-state index contributed by atoms with van der Waals surface area (Å²) in [6.07, 6.45) is 11.9. The minimum absolute atomic E-state index is 0.00150. The lowest BCUT2D eigenvalue weighted by atomic mass is 9.68. The third-order valence-corrected chi connectivity index (χ3v) is 10.2. The van der Waals surface area contributed by atoms with E-state index in [1.165, 1.54) is 49.7 Å². The number of thiophene rings is 1. The average molecular weight is 503 g/mol. The first-order chi connectivity index (χ1) is 17.2. The molecule has 2 fully saturated rings. The Balaban J connectivity index is 1.71. The summed E-state index contributed by atoms with van der Waals surface area (Å²) in [5.74, 6) is 0.658. The predicted molar refractivity (Wildman–Crippen MR) is 152 cm³/mol. The second-order valence-corrected chi connectivity index (χ2v) is 13.2. The van der Waals surface area contributed by atoms with Crippen molar-refractivity contribution in [2.45, 2.75) is 109 Å². The fourth-order valence-corrected chi connectivity index (χ4v) is 7.97. The van der Waals surface area contributed by atoms with E-state index in [-0.39, 0.29) is 16.7 Å². The van der Waals surface area contributed by atoms with Gasteiger partial charge in [-0.15, -0.1) is 11.3 Å². The molecule has 0 aliphatic heterocycles. The first-order valence-corrected chi connectivity index (χ1v) is 14.8. The molecule has 0 radical (unpaired) electrons. The van der Waals surface area contributed by atoms with Gasteiger partial charge in [-0.25, -0.2) is 0 Å². The van der Waals surface area contributed by atoms with Gasteiger partial charge in [-0.3, -0.25) is 0 Å². The molecule has 36 heavy (non-hydrogen) atoms. The van der Waals surface area contributed by atoms with Crippen LogP contribution in [0.3, 0.4) is 0 Å². The highest BCUT2D eigenvalue weighted by Crippen LogP contribution is 2.51. The van der Waals surface area contributed by atoms with Gasteiger partial charge in [0.2, 0.25) is 0 Å². The van der Waals surface area contributed by atoms with Crippen LogP contribution in [0, 0.1) is 13.8 Å². The molecule has 2 aliphatic rings. The second-order valence-electron chi connectivity index (χ2n) is 12.2. The van der Waals surface area contributed by atoms with Gasteiger partial charge in [0.15, 0.2) is 0 Å². The highest BCUT2D eigenvalue weighted by atomic mass is 32.1.